The molecule has 3 rings (SSSR count). The van der Waals surface area contributed by atoms with E-state index in [2.05, 4.69) is 17.5 Å². The van der Waals surface area contributed by atoms with Crippen molar-refractivity contribution in [1.29, 1.82) is 5.26 Å². The highest BCUT2D eigenvalue weighted by molar-refractivity contribution is 5.93. The molecule has 7 heteroatoms. The van der Waals surface area contributed by atoms with Crippen LogP contribution >= 0.6 is 0 Å². The van der Waals surface area contributed by atoms with Gasteiger partial charge in [-0.15, -0.1) is 0 Å². The van der Waals surface area contributed by atoms with Crippen molar-refractivity contribution in [1.82, 2.24) is 0 Å². The number of quaternary nitrogens is 2. The molecule has 2 aromatic carbocycles. The summed E-state index contributed by atoms with van der Waals surface area (Å²) in [6, 6.07) is 15.0. The van der Waals surface area contributed by atoms with Crippen LogP contribution in [0.3, 0.4) is 0 Å². The van der Waals surface area contributed by atoms with E-state index >= 15 is 0 Å². The monoisotopic (exact) mass is 410 g/mol. The number of rotatable bonds is 7. The molecular weight excluding hydrogens is 380 g/mol. The van der Waals surface area contributed by atoms with Crippen LogP contribution in [0, 0.1) is 11.3 Å². The fourth-order valence-electron chi connectivity index (χ4n) is 3.92. The van der Waals surface area contributed by atoms with Gasteiger partial charge in [-0.3, -0.25) is 4.79 Å². The molecule has 1 aliphatic heterocycles. The summed E-state index contributed by atoms with van der Waals surface area (Å²) in [4.78, 5) is 15.5. The Balaban J connectivity index is 1.52. The first-order chi connectivity index (χ1) is 14.5. The van der Waals surface area contributed by atoms with Crippen molar-refractivity contribution in [2.75, 3.05) is 45.7 Å². The number of carbonyl (C=O) groups excluding carboxylic acids is 1. The lowest BCUT2D eigenvalue weighted by Gasteiger charge is -2.32. The number of nitrogens with zero attached hydrogens (tertiary/aromatic N) is 1. The van der Waals surface area contributed by atoms with Crippen molar-refractivity contribution in [3.05, 3.63) is 53.6 Å². The Kier molecular flexibility index (Phi) is 7.28. The summed E-state index contributed by atoms with van der Waals surface area (Å²) >= 11 is 0. The molecule has 1 heterocycles. The fraction of sp³-hybridized carbons (Fsp3) is 0.391. The van der Waals surface area contributed by atoms with Gasteiger partial charge in [-0.1, -0.05) is 6.07 Å². The summed E-state index contributed by atoms with van der Waals surface area (Å²) in [6.07, 6.45) is 0. The minimum atomic E-state index is -0.140. The molecule has 0 aliphatic carbocycles. The average molecular weight is 411 g/mol. The van der Waals surface area contributed by atoms with Crippen molar-refractivity contribution in [3.63, 3.8) is 0 Å². The summed E-state index contributed by atoms with van der Waals surface area (Å²) < 4.78 is 10.7. The number of piperazine rings is 1. The lowest BCUT2D eigenvalue weighted by Crippen LogP contribution is -3.29. The molecule has 158 valence electrons. The minimum absolute atomic E-state index is 0.0107. The van der Waals surface area contributed by atoms with Crippen molar-refractivity contribution in [3.8, 4) is 17.6 Å². The largest absolute Gasteiger partial charge is 0.493 e. The molecule has 1 aliphatic rings. The molecule has 1 saturated heterocycles. The highest BCUT2D eigenvalue weighted by atomic mass is 16.5. The van der Waals surface area contributed by atoms with Gasteiger partial charge in [0.25, 0.3) is 5.91 Å². The Morgan fingerprint density at radius 3 is 2.50 bits per heavy atom. The van der Waals surface area contributed by atoms with Gasteiger partial charge in [-0.05, 0) is 43.3 Å². The molecule has 2 aromatic rings. The molecule has 30 heavy (non-hydrogen) atoms. The van der Waals surface area contributed by atoms with Gasteiger partial charge >= 0.3 is 0 Å². The van der Waals surface area contributed by atoms with E-state index in [0.717, 1.165) is 44.2 Å². The van der Waals surface area contributed by atoms with E-state index in [1.807, 2.05) is 25.1 Å². The number of hydrogen-bond acceptors (Lipinski definition) is 4. The van der Waals surface area contributed by atoms with E-state index in [0.29, 0.717) is 11.3 Å². The first-order valence-corrected chi connectivity index (χ1v) is 10.2. The molecule has 3 N–H and O–H groups in total. The van der Waals surface area contributed by atoms with Crippen molar-refractivity contribution >= 4 is 11.6 Å². The van der Waals surface area contributed by atoms with Crippen molar-refractivity contribution < 1.29 is 24.1 Å². The lowest BCUT2D eigenvalue weighted by atomic mass is 10.1. The molecule has 0 aromatic heterocycles. The van der Waals surface area contributed by atoms with E-state index in [1.54, 1.807) is 32.4 Å². The zero-order valence-corrected chi connectivity index (χ0v) is 17.8. The van der Waals surface area contributed by atoms with Crippen LogP contribution < -0.4 is 24.6 Å². The van der Waals surface area contributed by atoms with Gasteiger partial charge < -0.3 is 24.6 Å². The highest BCUT2D eigenvalue weighted by Crippen LogP contribution is 2.27. The van der Waals surface area contributed by atoms with Gasteiger partial charge in [0.05, 0.1) is 25.9 Å². The number of nitrogens with one attached hydrogen (secondary N) is 3. The third-order valence-electron chi connectivity index (χ3n) is 5.77. The van der Waals surface area contributed by atoms with E-state index in [9.17, 15) is 4.79 Å². The predicted molar refractivity (Wildman–Crippen MR) is 114 cm³/mol. The summed E-state index contributed by atoms with van der Waals surface area (Å²) in [5, 5.41) is 12.0. The minimum Gasteiger partial charge on any atom is -0.493 e. The number of methoxy groups -OCH3 is 2. The van der Waals surface area contributed by atoms with Crippen LogP contribution in [0.5, 0.6) is 11.5 Å². The predicted octanol–water partition coefficient (Wildman–Crippen LogP) is -0.114. The van der Waals surface area contributed by atoms with Crippen molar-refractivity contribution in [2.24, 2.45) is 0 Å². The second kappa shape index (κ2) is 10.1. The molecule has 1 amide bonds. The molecule has 0 radical (unpaired) electrons. The standard InChI is InChI=1S/C23H28N4O3/c1-17(23(28)25-20-6-4-5-18(13-20)15-24)27-11-9-26(10-12-27)16-19-7-8-21(29-2)22(14-19)30-3/h4-8,13-14,17H,9-12,16H2,1-3H3,(H,25,28)/p+2/t17-/m0/s1. The first-order valence-electron chi connectivity index (χ1n) is 10.2. The fourth-order valence-corrected chi connectivity index (χ4v) is 3.92. The maximum Gasteiger partial charge on any atom is 0.282 e. The highest BCUT2D eigenvalue weighted by Gasteiger charge is 2.31. The summed E-state index contributed by atoms with van der Waals surface area (Å²) in [5.41, 5.74) is 2.43. The third-order valence-corrected chi connectivity index (χ3v) is 5.77. The molecule has 0 bridgehead atoms. The summed E-state index contributed by atoms with van der Waals surface area (Å²) in [5.74, 6) is 1.48. The molecule has 0 spiro atoms. The van der Waals surface area contributed by atoms with Gasteiger partial charge in [0.2, 0.25) is 0 Å². The number of amides is 1. The molecular formula is C23H30N4O3+2. The number of anilines is 1. The van der Waals surface area contributed by atoms with E-state index < -0.39 is 0 Å². The first kappa shape index (κ1) is 21.6. The van der Waals surface area contributed by atoms with Gasteiger partial charge in [-0.2, -0.15) is 5.26 Å². The van der Waals surface area contributed by atoms with E-state index in [1.165, 1.54) is 15.4 Å². The average Bonchev–Trinajstić information content (AvgIpc) is 2.79. The normalized spacial score (nSPS) is 19.4. The molecule has 7 nitrogen and oxygen atoms in total. The number of ether oxygens (including phenoxy) is 2. The lowest BCUT2D eigenvalue weighted by molar-refractivity contribution is -1.02. The van der Waals surface area contributed by atoms with Crippen LogP contribution in [0.15, 0.2) is 42.5 Å². The van der Waals surface area contributed by atoms with Gasteiger partial charge in [0.15, 0.2) is 17.5 Å². The number of carbonyl (C=O) groups is 1. The zero-order valence-electron chi connectivity index (χ0n) is 17.8. The van der Waals surface area contributed by atoms with E-state index in [4.69, 9.17) is 14.7 Å². The second-order valence-electron chi connectivity index (χ2n) is 7.68. The molecule has 0 saturated carbocycles. The second-order valence-corrected chi connectivity index (χ2v) is 7.68. The number of hydrogen-bond donors (Lipinski definition) is 3. The topological polar surface area (TPSA) is 80.2 Å². The smallest absolute Gasteiger partial charge is 0.282 e. The maximum absolute atomic E-state index is 12.7. The van der Waals surface area contributed by atoms with Gasteiger partial charge in [-0.25, -0.2) is 0 Å². The Hall–Kier alpha value is -3.08. The molecule has 1 atom stereocenters. The van der Waals surface area contributed by atoms with Gasteiger partial charge in [0, 0.05) is 11.3 Å². The number of benzene rings is 2. The summed E-state index contributed by atoms with van der Waals surface area (Å²) in [6.45, 7) is 6.79. The SMILES string of the molecule is COc1ccc(C[NH+]2CC[NH+]([C@@H](C)C(=O)Nc3cccc(C#N)c3)CC2)cc1OC. The van der Waals surface area contributed by atoms with Crippen LogP contribution in [0.1, 0.15) is 18.1 Å². The Bertz CT molecular complexity index is 917. The Morgan fingerprint density at radius 1 is 1.10 bits per heavy atom. The zero-order chi connectivity index (χ0) is 21.5. The number of nitriles is 1. The quantitative estimate of drug-likeness (QED) is 0.595. The maximum atomic E-state index is 12.7. The van der Waals surface area contributed by atoms with Crippen LogP contribution in [0.25, 0.3) is 0 Å². The van der Waals surface area contributed by atoms with Crippen LogP contribution in [0.4, 0.5) is 5.69 Å². The molecule has 1 fully saturated rings. The van der Waals surface area contributed by atoms with Gasteiger partial charge in [0.1, 0.15) is 32.7 Å². The van der Waals surface area contributed by atoms with Crippen LogP contribution in [0.2, 0.25) is 0 Å². The van der Waals surface area contributed by atoms with Crippen LogP contribution in [-0.4, -0.2) is 52.3 Å². The van der Waals surface area contributed by atoms with Crippen LogP contribution in [-0.2, 0) is 11.3 Å². The Morgan fingerprint density at radius 2 is 1.83 bits per heavy atom. The molecule has 0 unspecified atom stereocenters. The summed E-state index contributed by atoms with van der Waals surface area (Å²) in [7, 11) is 3.29. The third kappa shape index (κ3) is 5.29. The van der Waals surface area contributed by atoms with E-state index in [-0.39, 0.29) is 11.9 Å². The Labute approximate surface area is 177 Å². The van der Waals surface area contributed by atoms with Crippen molar-refractivity contribution in [2.45, 2.75) is 19.5 Å².